The van der Waals surface area contributed by atoms with Crippen LogP contribution >= 0.6 is 12.2 Å². The molecule has 0 bridgehead atoms. The Morgan fingerprint density at radius 2 is 1.67 bits per heavy atom. The lowest BCUT2D eigenvalue weighted by atomic mass is 10.5. The fourth-order valence-corrected chi connectivity index (χ4v) is 1.17. The summed E-state index contributed by atoms with van der Waals surface area (Å²) in [5, 5.41) is 6.73. The van der Waals surface area contributed by atoms with Crippen LogP contribution in [0.2, 0.25) is 0 Å². The first-order valence-electron chi connectivity index (χ1n) is 5.48. The Morgan fingerprint density at radius 3 is 2.27 bits per heavy atom. The zero-order chi connectivity index (χ0) is 11.4. The van der Waals surface area contributed by atoms with Gasteiger partial charge in [-0.25, -0.2) is 0 Å². The molecular formula is C10H22N2O2S. The normalized spacial score (nSPS) is 10.0. The minimum Gasteiger partial charge on any atom is -0.379 e. The molecule has 0 aliphatic rings. The largest absolute Gasteiger partial charge is 0.379 e. The van der Waals surface area contributed by atoms with E-state index in [1.165, 1.54) is 0 Å². The summed E-state index contributed by atoms with van der Waals surface area (Å²) in [4.78, 5) is 0. The summed E-state index contributed by atoms with van der Waals surface area (Å²) >= 11 is 4.99. The monoisotopic (exact) mass is 234 g/mol. The van der Waals surface area contributed by atoms with E-state index in [-0.39, 0.29) is 0 Å². The summed E-state index contributed by atoms with van der Waals surface area (Å²) in [6.07, 6.45) is 1.05. The molecule has 0 radical (unpaired) electrons. The highest BCUT2D eigenvalue weighted by molar-refractivity contribution is 7.80. The Balaban J connectivity index is 3.01. The lowest BCUT2D eigenvalue weighted by Crippen LogP contribution is -2.36. The molecule has 0 amide bonds. The predicted molar refractivity (Wildman–Crippen MR) is 66.2 cm³/mol. The lowest BCUT2D eigenvalue weighted by molar-refractivity contribution is 0.0501. The van der Waals surface area contributed by atoms with Gasteiger partial charge >= 0.3 is 0 Å². The molecule has 0 aromatic carbocycles. The van der Waals surface area contributed by atoms with E-state index in [4.69, 9.17) is 21.7 Å². The highest BCUT2D eigenvalue weighted by Gasteiger charge is 1.92. The molecule has 2 N–H and O–H groups in total. The molecule has 90 valence electrons. The topological polar surface area (TPSA) is 42.5 Å². The van der Waals surface area contributed by atoms with Crippen LogP contribution in [0.15, 0.2) is 0 Å². The molecule has 0 rings (SSSR count). The molecule has 0 fully saturated rings. The maximum Gasteiger partial charge on any atom is 0.166 e. The van der Waals surface area contributed by atoms with Crippen molar-refractivity contribution < 1.29 is 9.47 Å². The van der Waals surface area contributed by atoms with E-state index >= 15 is 0 Å². The third-order valence-corrected chi connectivity index (χ3v) is 1.88. The van der Waals surface area contributed by atoms with E-state index in [9.17, 15) is 0 Å². The first-order valence-corrected chi connectivity index (χ1v) is 5.89. The van der Waals surface area contributed by atoms with Gasteiger partial charge in [0.2, 0.25) is 0 Å². The zero-order valence-corrected chi connectivity index (χ0v) is 10.5. The molecule has 5 heteroatoms. The van der Waals surface area contributed by atoms with E-state index in [1.807, 2.05) is 6.92 Å². The molecule has 0 atom stereocenters. The van der Waals surface area contributed by atoms with Gasteiger partial charge in [0.05, 0.1) is 19.8 Å². The smallest absolute Gasteiger partial charge is 0.166 e. The van der Waals surface area contributed by atoms with Gasteiger partial charge in [0, 0.05) is 19.7 Å². The Bertz CT molecular complexity index is 156. The van der Waals surface area contributed by atoms with E-state index < -0.39 is 0 Å². The third-order valence-electron chi connectivity index (χ3n) is 1.59. The molecule has 15 heavy (non-hydrogen) atoms. The van der Waals surface area contributed by atoms with Crippen molar-refractivity contribution in [1.29, 1.82) is 0 Å². The van der Waals surface area contributed by atoms with Gasteiger partial charge in [0.25, 0.3) is 0 Å². The maximum absolute atomic E-state index is 5.33. The minimum atomic E-state index is 0.648. The van der Waals surface area contributed by atoms with Gasteiger partial charge in [-0.15, -0.1) is 0 Å². The molecule has 0 heterocycles. The number of hydrogen-bond donors (Lipinski definition) is 2. The molecule has 0 unspecified atom stereocenters. The van der Waals surface area contributed by atoms with Crippen LogP contribution < -0.4 is 10.6 Å². The molecule has 0 spiro atoms. The van der Waals surface area contributed by atoms with E-state index in [2.05, 4.69) is 17.6 Å². The van der Waals surface area contributed by atoms with E-state index in [1.54, 1.807) is 0 Å². The van der Waals surface area contributed by atoms with Gasteiger partial charge in [-0.2, -0.15) is 0 Å². The summed E-state index contributed by atoms with van der Waals surface area (Å²) in [7, 11) is 0. The summed E-state index contributed by atoms with van der Waals surface area (Å²) in [5.74, 6) is 0. The van der Waals surface area contributed by atoms with Gasteiger partial charge in [0.1, 0.15) is 0 Å². The maximum atomic E-state index is 5.33. The lowest BCUT2D eigenvalue weighted by Gasteiger charge is -2.09. The number of ether oxygens (including phenoxy) is 2. The van der Waals surface area contributed by atoms with E-state index in [0.717, 1.165) is 26.1 Å². The second-order valence-corrected chi connectivity index (χ2v) is 3.42. The summed E-state index contributed by atoms with van der Waals surface area (Å²) in [6, 6.07) is 0. The van der Waals surface area contributed by atoms with Crippen molar-refractivity contribution in [2.45, 2.75) is 20.3 Å². The molecule has 0 saturated carbocycles. The summed E-state index contributed by atoms with van der Waals surface area (Å²) < 4.78 is 10.6. The van der Waals surface area contributed by atoms with Gasteiger partial charge in [-0.3, -0.25) is 0 Å². The average molecular weight is 234 g/mol. The van der Waals surface area contributed by atoms with Gasteiger partial charge < -0.3 is 20.1 Å². The fourth-order valence-electron chi connectivity index (χ4n) is 0.926. The molecule has 4 nitrogen and oxygen atoms in total. The quantitative estimate of drug-likeness (QED) is 0.458. The van der Waals surface area contributed by atoms with Crippen LogP contribution in [0.3, 0.4) is 0 Å². The fraction of sp³-hybridized carbons (Fsp3) is 0.900. The van der Waals surface area contributed by atoms with Crippen LogP contribution in [0, 0.1) is 0 Å². The first-order chi connectivity index (χ1) is 7.31. The Hall–Kier alpha value is -0.390. The van der Waals surface area contributed by atoms with E-state index in [0.29, 0.717) is 24.9 Å². The summed E-state index contributed by atoms with van der Waals surface area (Å²) in [6.45, 7) is 8.47. The number of rotatable bonds is 9. The number of nitrogens with one attached hydrogen (secondary N) is 2. The standard InChI is InChI=1S/C10H22N2O2S/c1-3-6-13-8-9-14-7-5-12-10(15)11-4-2/h3-9H2,1-2H3,(H2,11,12,15). The highest BCUT2D eigenvalue weighted by atomic mass is 32.1. The van der Waals surface area contributed by atoms with Crippen LogP contribution in [0.5, 0.6) is 0 Å². The predicted octanol–water partition coefficient (Wildman–Crippen LogP) is 0.914. The van der Waals surface area contributed by atoms with Crippen molar-refractivity contribution in [3.05, 3.63) is 0 Å². The third kappa shape index (κ3) is 11.5. The Kier molecular flexibility index (Phi) is 11.4. The second kappa shape index (κ2) is 11.7. The van der Waals surface area contributed by atoms with Crippen LogP contribution in [0.4, 0.5) is 0 Å². The molecule has 0 aromatic heterocycles. The van der Waals surface area contributed by atoms with Crippen molar-refractivity contribution >= 4 is 17.3 Å². The number of hydrogen-bond acceptors (Lipinski definition) is 3. The Labute approximate surface area is 97.7 Å². The SMILES string of the molecule is CCCOCCOCCNC(=S)NCC. The van der Waals surface area contributed by atoms with Gasteiger partial charge in [0.15, 0.2) is 5.11 Å². The highest BCUT2D eigenvalue weighted by Crippen LogP contribution is 1.81. The number of thiocarbonyl (C=S) groups is 1. The van der Waals surface area contributed by atoms with Crippen LogP contribution in [-0.4, -0.2) is 44.6 Å². The molecule has 0 aliphatic heterocycles. The molecule has 0 aromatic rings. The first kappa shape index (κ1) is 14.6. The van der Waals surface area contributed by atoms with Crippen LogP contribution in [0.25, 0.3) is 0 Å². The molecule has 0 aliphatic carbocycles. The van der Waals surface area contributed by atoms with Crippen molar-refractivity contribution in [2.24, 2.45) is 0 Å². The minimum absolute atomic E-state index is 0.648. The second-order valence-electron chi connectivity index (χ2n) is 3.01. The van der Waals surface area contributed by atoms with Crippen molar-refractivity contribution in [2.75, 3.05) is 39.5 Å². The van der Waals surface area contributed by atoms with Crippen molar-refractivity contribution in [1.82, 2.24) is 10.6 Å². The zero-order valence-electron chi connectivity index (χ0n) is 9.67. The van der Waals surface area contributed by atoms with Crippen molar-refractivity contribution in [3.63, 3.8) is 0 Å². The van der Waals surface area contributed by atoms with Gasteiger partial charge in [-0.1, -0.05) is 6.92 Å². The Morgan fingerprint density at radius 1 is 1.00 bits per heavy atom. The van der Waals surface area contributed by atoms with Crippen LogP contribution in [0.1, 0.15) is 20.3 Å². The summed E-state index contributed by atoms with van der Waals surface area (Å²) in [5.41, 5.74) is 0. The average Bonchev–Trinajstić information content (AvgIpc) is 2.22. The molecule has 0 saturated heterocycles. The van der Waals surface area contributed by atoms with Crippen LogP contribution in [-0.2, 0) is 9.47 Å². The van der Waals surface area contributed by atoms with Gasteiger partial charge in [-0.05, 0) is 25.6 Å². The molecular weight excluding hydrogens is 212 g/mol. The van der Waals surface area contributed by atoms with Crippen molar-refractivity contribution in [3.8, 4) is 0 Å².